The summed E-state index contributed by atoms with van der Waals surface area (Å²) in [5.74, 6) is 1.16. The highest BCUT2D eigenvalue weighted by atomic mass is 16.5. The van der Waals surface area contributed by atoms with Gasteiger partial charge in [-0.2, -0.15) is 0 Å². The predicted molar refractivity (Wildman–Crippen MR) is 67.9 cm³/mol. The van der Waals surface area contributed by atoms with Crippen LogP contribution < -0.4 is 5.32 Å². The summed E-state index contributed by atoms with van der Waals surface area (Å²) in [7, 11) is 1.74. The Bertz CT molecular complexity index is 352. The molecule has 0 bridgehead atoms. The van der Waals surface area contributed by atoms with Gasteiger partial charge in [0.15, 0.2) is 0 Å². The molecule has 0 aliphatic carbocycles. The number of methoxy groups -OCH3 is 1. The summed E-state index contributed by atoms with van der Waals surface area (Å²) in [6.07, 6.45) is 6.35. The quantitative estimate of drug-likeness (QED) is 0.822. The van der Waals surface area contributed by atoms with Crippen LogP contribution in [0.25, 0.3) is 0 Å². The van der Waals surface area contributed by atoms with Crippen molar-refractivity contribution in [2.45, 2.75) is 39.3 Å². The molecule has 1 aromatic heterocycles. The molecule has 17 heavy (non-hydrogen) atoms. The fraction of sp³-hybridized carbons (Fsp3) is 0.769. The van der Waals surface area contributed by atoms with Crippen molar-refractivity contribution < 1.29 is 4.74 Å². The van der Waals surface area contributed by atoms with Crippen LogP contribution in [0, 0.1) is 5.41 Å². The van der Waals surface area contributed by atoms with E-state index >= 15 is 0 Å². The van der Waals surface area contributed by atoms with E-state index in [9.17, 15) is 0 Å². The molecule has 4 heteroatoms. The number of nitrogens with zero attached hydrogens (tertiary/aromatic N) is 2. The second-order valence-electron chi connectivity index (χ2n) is 4.86. The Balaban J connectivity index is 2.14. The molecule has 2 heterocycles. The van der Waals surface area contributed by atoms with E-state index in [0.29, 0.717) is 11.5 Å². The second kappa shape index (κ2) is 5.19. The van der Waals surface area contributed by atoms with Crippen LogP contribution in [0.4, 0.5) is 0 Å². The summed E-state index contributed by atoms with van der Waals surface area (Å²) in [4.78, 5) is 4.53. The van der Waals surface area contributed by atoms with Crippen LogP contribution in [0.15, 0.2) is 12.4 Å². The van der Waals surface area contributed by atoms with Crippen molar-refractivity contribution in [3.05, 3.63) is 18.2 Å². The molecule has 0 saturated carbocycles. The zero-order valence-electron chi connectivity index (χ0n) is 11.1. The zero-order valence-corrected chi connectivity index (χ0v) is 11.1. The first-order valence-corrected chi connectivity index (χ1v) is 6.50. The number of hydrogen-bond acceptors (Lipinski definition) is 3. The highest BCUT2D eigenvalue weighted by Gasteiger charge is 2.46. The van der Waals surface area contributed by atoms with Crippen molar-refractivity contribution in [1.29, 1.82) is 0 Å². The maximum atomic E-state index is 5.14. The van der Waals surface area contributed by atoms with E-state index in [1.54, 1.807) is 7.11 Å². The average Bonchev–Trinajstić information content (AvgIpc) is 2.75. The van der Waals surface area contributed by atoms with Crippen LogP contribution in [-0.2, 0) is 11.3 Å². The Morgan fingerprint density at radius 2 is 2.29 bits per heavy atom. The van der Waals surface area contributed by atoms with Gasteiger partial charge in [0.05, 0.1) is 12.6 Å². The van der Waals surface area contributed by atoms with Gasteiger partial charge in [0, 0.05) is 38.0 Å². The minimum Gasteiger partial charge on any atom is -0.383 e. The molecule has 2 rings (SSSR count). The van der Waals surface area contributed by atoms with Gasteiger partial charge in [-0.1, -0.05) is 13.8 Å². The minimum atomic E-state index is 0.399. The fourth-order valence-corrected chi connectivity index (χ4v) is 2.73. The topological polar surface area (TPSA) is 39.1 Å². The van der Waals surface area contributed by atoms with Gasteiger partial charge in [0.25, 0.3) is 0 Å². The summed E-state index contributed by atoms with van der Waals surface area (Å²) in [5, 5.41) is 3.53. The second-order valence-corrected chi connectivity index (χ2v) is 4.86. The molecule has 1 aromatic rings. The van der Waals surface area contributed by atoms with Crippen molar-refractivity contribution in [1.82, 2.24) is 14.9 Å². The lowest BCUT2D eigenvalue weighted by Crippen LogP contribution is -2.56. The number of imidazole rings is 1. The molecular weight excluding hydrogens is 214 g/mol. The van der Waals surface area contributed by atoms with E-state index in [1.165, 1.54) is 12.8 Å². The Kier molecular flexibility index (Phi) is 3.84. The van der Waals surface area contributed by atoms with E-state index < -0.39 is 0 Å². The average molecular weight is 237 g/mol. The summed E-state index contributed by atoms with van der Waals surface area (Å²) in [5.41, 5.74) is 0.399. The highest BCUT2D eigenvalue weighted by molar-refractivity contribution is 5.12. The molecule has 0 aromatic carbocycles. The molecule has 1 fully saturated rings. The summed E-state index contributed by atoms with van der Waals surface area (Å²) < 4.78 is 7.35. The van der Waals surface area contributed by atoms with Gasteiger partial charge < -0.3 is 14.6 Å². The summed E-state index contributed by atoms with van der Waals surface area (Å²) in [6, 6.07) is 0.407. The van der Waals surface area contributed by atoms with Crippen molar-refractivity contribution in [3.63, 3.8) is 0 Å². The van der Waals surface area contributed by atoms with Crippen LogP contribution in [0.2, 0.25) is 0 Å². The summed E-state index contributed by atoms with van der Waals surface area (Å²) in [6.45, 7) is 7.29. The maximum Gasteiger partial charge on any atom is 0.126 e. The fourth-order valence-electron chi connectivity index (χ4n) is 2.73. The largest absolute Gasteiger partial charge is 0.383 e. The van der Waals surface area contributed by atoms with Gasteiger partial charge in [-0.3, -0.25) is 0 Å². The van der Waals surface area contributed by atoms with E-state index in [-0.39, 0.29) is 0 Å². The van der Waals surface area contributed by atoms with Crippen LogP contribution in [-0.4, -0.2) is 29.8 Å². The monoisotopic (exact) mass is 237 g/mol. The number of aromatic nitrogens is 2. The van der Waals surface area contributed by atoms with Crippen molar-refractivity contribution in [2.75, 3.05) is 20.3 Å². The van der Waals surface area contributed by atoms with Gasteiger partial charge in [-0.15, -0.1) is 0 Å². The SMILES string of the molecule is CCC1(CC)CN[C@H]1c1nccn1CCOC. The summed E-state index contributed by atoms with van der Waals surface area (Å²) >= 11 is 0. The third-order valence-electron chi connectivity index (χ3n) is 4.22. The minimum absolute atomic E-state index is 0.399. The van der Waals surface area contributed by atoms with E-state index in [1.807, 2.05) is 12.4 Å². The Labute approximate surface area is 103 Å². The van der Waals surface area contributed by atoms with Gasteiger partial charge in [0.1, 0.15) is 5.82 Å². The third kappa shape index (κ3) is 2.11. The first-order valence-electron chi connectivity index (χ1n) is 6.50. The highest BCUT2D eigenvalue weighted by Crippen LogP contribution is 2.45. The molecule has 1 aliphatic rings. The number of rotatable bonds is 6. The van der Waals surface area contributed by atoms with Crippen LogP contribution in [0.3, 0.4) is 0 Å². The lowest BCUT2D eigenvalue weighted by Gasteiger charge is -2.49. The molecule has 1 atom stereocenters. The van der Waals surface area contributed by atoms with E-state index in [2.05, 4.69) is 28.7 Å². The molecule has 1 saturated heterocycles. The smallest absolute Gasteiger partial charge is 0.126 e. The molecule has 96 valence electrons. The molecule has 0 unspecified atom stereocenters. The van der Waals surface area contributed by atoms with Crippen molar-refractivity contribution in [3.8, 4) is 0 Å². The Morgan fingerprint density at radius 3 is 2.82 bits per heavy atom. The number of ether oxygens (including phenoxy) is 1. The number of nitrogens with one attached hydrogen (secondary N) is 1. The lowest BCUT2D eigenvalue weighted by atomic mass is 9.69. The zero-order chi connectivity index (χ0) is 12.3. The van der Waals surface area contributed by atoms with Crippen molar-refractivity contribution >= 4 is 0 Å². The van der Waals surface area contributed by atoms with Crippen LogP contribution in [0.5, 0.6) is 0 Å². The first kappa shape index (κ1) is 12.6. The molecule has 0 spiro atoms. The normalized spacial score (nSPS) is 22.4. The predicted octanol–water partition coefficient (Wildman–Crippen LogP) is 1.98. The first-order chi connectivity index (χ1) is 8.27. The van der Waals surface area contributed by atoms with Crippen LogP contribution >= 0.6 is 0 Å². The molecular formula is C13H23N3O. The standard InChI is InChI=1S/C13H23N3O/c1-4-13(5-2)10-15-11(13)12-14-6-7-16(12)8-9-17-3/h6-7,11,15H,4-5,8-10H2,1-3H3/t11-/m0/s1. The maximum absolute atomic E-state index is 5.14. The van der Waals surface area contributed by atoms with Gasteiger partial charge in [0.2, 0.25) is 0 Å². The van der Waals surface area contributed by atoms with E-state index in [4.69, 9.17) is 4.74 Å². The van der Waals surface area contributed by atoms with Gasteiger partial charge >= 0.3 is 0 Å². The molecule has 0 radical (unpaired) electrons. The third-order valence-corrected chi connectivity index (χ3v) is 4.22. The Hall–Kier alpha value is -0.870. The molecule has 0 amide bonds. The lowest BCUT2D eigenvalue weighted by molar-refractivity contribution is 0.0610. The van der Waals surface area contributed by atoms with Crippen LogP contribution in [0.1, 0.15) is 38.6 Å². The number of hydrogen-bond donors (Lipinski definition) is 1. The Morgan fingerprint density at radius 1 is 1.53 bits per heavy atom. The molecule has 1 N–H and O–H groups in total. The molecule has 4 nitrogen and oxygen atoms in total. The van der Waals surface area contributed by atoms with Gasteiger partial charge in [-0.25, -0.2) is 4.98 Å². The van der Waals surface area contributed by atoms with Crippen molar-refractivity contribution in [2.24, 2.45) is 5.41 Å². The van der Waals surface area contributed by atoms with Gasteiger partial charge in [-0.05, 0) is 12.8 Å². The molecule has 1 aliphatic heterocycles. The van der Waals surface area contributed by atoms with E-state index in [0.717, 1.165) is 25.5 Å².